The highest BCUT2D eigenvalue weighted by molar-refractivity contribution is 7.98. The molecular weight excluding hydrogens is 534 g/mol. The number of thioether (sulfide) groups is 1. The van der Waals surface area contributed by atoms with E-state index in [0.29, 0.717) is 18.8 Å². The van der Waals surface area contributed by atoms with Crippen LogP contribution in [-0.4, -0.2) is 57.6 Å². The molecule has 3 aromatic carbocycles. The number of hydrogen-bond donors (Lipinski definition) is 1. The van der Waals surface area contributed by atoms with Crippen molar-refractivity contribution in [1.29, 1.82) is 0 Å². The molecule has 8 nitrogen and oxygen atoms in total. The van der Waals surface area contributed by atoms with Gasteiger partial charge >= 0.3 is 0 Å². The Morgan fingerprint density at radius 1 is 0.949 bits per heavy atom. The van der Waals surface area contributed by atoms with Crippen LogP contribution in [0.25, 0.3) is 0 Å². The lowest BCUT2D eigenvalue weighted by Crippen LogP contribution is -2.51. The number of carbonyl (C=O) groups excluding carboxylic acids is 2. The highest BCUT2D eigenvalue weighted by Crippen LogP contribution is 2.33. The van der Waals surface area contributed by atoms with E-state index in [0.717, 1.165) is 14.8 Å². The second kappa shape index (κ2) is 14.0. The Balaban J connectivity index is 2.10. The minimum atomic E-state index is -4.18. The topological polar surface area (TPSA) is 96.0 Å². The largest absolute Gasteiger partial charge is 0.492 e. The zero-order valence-corrected chi connectivity index (χ0v) is 24.3. The third-order valence-corrected chi connectivity index (χ3v) is 8.71. The Morgan fingerprint density at radius 3 is 2.18 bits per heavy atom. The first-order valence-corrected chi connectivity index (χ1v) is 15.4. The fraction of sp³-hybridized carbons (Fsp3) is 0.310. The predicted octanol–water partition coefficient (Wildman–Crippen LogP) is 4.56. The van der Waals surface area contributed by atoms with Crippen molar-refractivity contribution in [3.05, 3.63) is 84.4 Å². The predicted molar refractivity (Wildman–Crippen MR) is 156 cm³/mol. The molecule has 10 heteroatoms. The summed E-state index contributed by atoms with van der Waals surface area (Å²) in [5.41, 5.74) is 1.07. The highest BCUT2D eigenvalue weighted by atomic mass is 32.2. The van der Waals surface area contributed by atoms with E-state index >= 15 is 0 Å². The number of hydrogen-bond acceptors (Lipinski definition) is 6. The fourth-order valence-electron chi connectivity index (χ4n) is 4.20. The minimum Gasteiger partial charge on any atom is -0.492 e. The van der Waals surface area contributed by atoms with Crippen LogP contribution in [0.3, 0.4) is 0 Å². The molecule has 0 spiro atoms. The van der Waals surface area contributed by atoms with Crippen molar-refractivity contribution >= 4 is 39.3 Å². The molecule has 0 aliphatic rings. The molecule has 0 aliphatic carbocycles. The molecule has 0 aliphatic heterocycles. The van der Waals surface area contributed by atoms with E-state index in [4.69, 9.17) is 4.74 Å². The van der Waals surface area contributed by atoms with E-state index in [1.54, 1.807) is 43.3 Å². The van der Waals surface area contributed by atoms with Crippen LogP contribution in [0.15, 0.2) is 88.7 Å². The van der Waals surface area contributed by atoms with Crippen molar-refractivity contribution < 1.29 is 22.7 Å². The summed E-state index contributed by atoms with van der Waals surface area (Å²) in [6, 6.07) is 21.8. The van der Waals surface area contributed by atoms with Crippen molar-refractivity contribution in [3.63, 3.8) is 0 Å². The van der Waals surface area contributed by atoms with Crippen molar-refractivity contribution in [1.82, 2.24) is 10.2 Å². The Morgan fingerprint density at radius 2 is 1.59 bits per heavy atom. The summed E-state index contributed by atoms with van der Waals surface area (Å²) in [5, 5.41) is 2.63. The molecule has 208 valence electrons. The summed E-state index contributed by atoms with van der Waals surface area (Å²) in [7, 11) is -2.67. The van der Waals surface area contributed by atoms with Gasteiger partial charge in [0, 0.05) is 18.5 Å². The molecule has 1 atom stereocenters. The highest BCUT2D eigenvalue weighted by Gasteiger charge is 2.34. The maximum Gasteiger partial charge on any atom is 0.264 e. The molecule has 0 radical (unpaired) electrons. The van der Waals surface area contributed by atoms with Gasteiger partial charge in [0.05, 0.1) is 17.2 Å². The Kier molecular flexibility index (Phi) is 10.8. The first kappa shape index (κ1) is 30.0. The number of likely N-dealkylation sites (N-methyl/N-ethyl adjacent to an activating group) is 1. The minimum absolute atomic E-state index is 0.0485. The van der Waals surface area contributed by atoms with Crippen LogP contribution in [-0.2, 0) is 26.2 Å². The fourth-order valence-corrected chi connectivity index (χ4v) is 6.03. The van der Waals surface area contributed by atoms with Gasteiger partial charge in [0.15, 0.2) is 0 Å². The van der Waals surface area contributed by atoms with Gasteiger partial charge in [-0.05, 0) is 61.6 Å². The number of carbonyl (C=O) groups is 2. The number of nitrogens with zero attached hydrogens (tertiary/aromatic N) is 2. The molecule has 0 saturated heterocycles. The van der Waals surface area contributed by atoms with E-state index in [-0.39, 0.29) is 23.0 Å². The van der Waals surface area contributed by atoms with Gasteiger partial charge in [0.1, 0.15) is 18.3 Å². The molecule has 3 aromatic rings. The van der Waals surface area contributed by atoms with E-state index in [1.165, 1.54) is 35.8 Å². The summed E-state index contributed by atoms with van der Waals surface area (Å²) in [6.07, 6.45) is 2.27. The van der Waals surface area contributed by atoms with Gasteiger partial charge in [-0.25, -0.2) is 8.42 Å². The van der Waals surface area contributed by atoms with Crippen LogP contribution in [0, 0.1) is 0 Å². The number of benzene rings is 3. The lowest BCUT2D eigenvalue weighted by Gasteiger charge is -2.33. The Labute approximate surface area is 235 Å². The lowest BCUT2D eigenvalue weighted by atomic mass is 10.1. The average molecular weight is 570 g/mol. The van der Waals surface area contributed by atoms with Gasteiger partial charge in [-0.2, -0.15) is 0 Å². The van der Waals surface area contributed by atoms with Gasteiger partial charge in [-0.15, -0.1) is 11.8 Å². The zero-order chi connectivity index (χ0) is 28.4. The van der Waals surface area contributed by atoms with Crippen LogP contribution >= 0.6 is 11.8 Å². The monoisotopic (exact) mass is 569 g/mol. The Hall–Kier alpha value is -3.50. The first-order valence-electron chi connectivity index (χ1n) is 12.7. The number of para-hydroxylation sites is 2. The van der Waals surface area contributed by atoms with E-state index < -0.39 is 28.5 Å². The van der Waals surface area contributed by atoms with Gasteiger partial charge in [-0.1, -0.05) is 49.4 Å². The van der Waals surface area contributed by atoms with Crippen molar-refractivity contribution in [2.45, 2.75) is 42.6 Å². The molecule has 1 unspecified atom stereocenters. The first-order chi connectivity index (χ1) is 18.8. The molecule has 0 heterocycles. The van der Waals surface area contributed by atoms with Crippen molar-refractivity contribution in [3.8, 4) is 5.75 Å². The van der Waals surface area contributed by atoms with Gasteiger partial charge in [-0.3, -0.25) is 13.9 Å². The van der Waals surface area contributed by atoms with Crippen molar-refractivity contribution in [2.75, 3.05) is 30.8 Å². The van der Waals surface area contributed by atoms with E-state index in [2.05, 4.69) is 5.32 Å². The molecule has 0 fully saturated rings. The maximum atomic E-state index is 14.0. The summed E-state index contributed by atoms with van der Waals surface area (Å²) in [6.45, 7) is 3.57. The normalized spacial score (nSPS) is 11.9. The average Bonchev–Trinajstić information content (AvgIpc) is 2.96. The maximum absolute atomic E-state index is 14.0. The van der Waals surface area contributed by atoms with Gasteiger partial charge < -0.3 is 15.0 Å². The van der Waals surface area contributed by atoms with E-state index in [9.17, 15) is 18.0 Å². The van der Waals surface area contributed by atoms with Crippen molar-refractivity contribution in [2.24, 2.45) is 0 Å². The summed E-state index contributed by atoms with van der Waals surface area (Å²) < 4.78 is 34.9. The standard InChI is InChI=1S/C29H35N3O5S2/c1-5-25(29(34)30-3)31(20-22-12-8-7-9-13-22)28(33)21-32(26-14-10-11-15-27(26)37-6-2)39(35,36)24-18-16-23(38-4)17-19-24/h7-19,25H,5-6,20-21H2,1-4H3,(H,30,34). The van der Waals surface area contributed by atoms with E-state index in [1.807, 2.05) is 43.5 Å². The smallest absolute Gasteiger partial charge is 0.264 e. The van der Waals surface area contributed by atoms with Crippen LogP contribution in [0.2, 0.25) is 0 Å². The number of amides is 2. The third-order valence-electron chi connectivity index (χ3n) is 6.19. The SMILES string of the molecule is CCOc1ccccc1N(CC(=O)N(Cc1ccccc1)C(CC)C(=O)NC)S(=O)(=O)c1ccc(SC)cc1. The third kappa shape index (κ3) is 7.33. The summed E-state index contributed by atoms with van der Waals surface area (Å²) in [4.78, 5) is 29.2. The lowest BCUT2D eigenvalue weighted by molar-refractivity contribution is -0.140. The molecule has 3 rings (SSSR count). The quantitative estimate of drug-likeness (QED) is 0.303. The molecule has 1 N–H and O–H groups in total. The summed E-state index contributed by atoms with van der Waals surface area (Å²) in [5.74, 6) is -0.492. The number of rotatable bonds is 13. The number of anilines is 1. The van der Waals surface area contributed by atoms with Crippen LogP contribution in [0.5, 0.6) is 5.75 Å². The zero-order valence-electron chi connectivity index (χ0n) is 22.7. The molecule has 39 heavy (non-hydrogen) atoms. The number of ether oxygens (including phenoxy) is 1. The summed E-state index contributed by atoms with van der Waals surface area (Å²) >= 11 is 1.50. The molecule has 0 saturated carbocycles. The van der Waals surface area contributed by atoms with Crippen LogP contribution in [0.1, 0.15) is 25.8 Å². The molecule has 0 aromatic heterocycles. The second-order valence-electron chi connectivity index (χ2n) is 8.63. The molecular formula is C29H35N3O5S2. The second-order valence-corrected chi connectivity index (χ2v) is 11.4. The molecule has 0 bridgehead atoms. The van der Waals surface area contributed by atoms with Crippen LogP contribution in [0.4, 0.5) is 5.69 Å². The van der Waals surface area contributed by atoms with Crippen LogP contribution < -0.4 is 14.4 Å². The Bertz CT molecular complexity index is 1350. The number of sulfonamides is 1. The van der Waals surface area contributed by atoms with Gasteiger partial charge in [0.2, 0.25) is 11.8 Å². The number of nitrogens with one attached hydrogen (secondary N) is 1. The van der Waals surface area contributed by atoms with Gasteiger partial charge in [0.25, 0.3) is 10.0 Å². The molecule has 2 amide bonds.